The first-order valence-corrected chi connectivity index (χ1v) is 6.74. The van der Waals surface area contributed by atoms with Gasteiger partial charge in [0.05, 0.1) is 17.6 Å². The average Bonchev–Trinajstić information content (AvgIpc) is 2.66. The van der Waals surface area contributed by atoms with Crippen LogP contribution in [0, 0.1) is 0 Å². The van der Waals surface area contributed by atoms with Crippen molar-refractivity contribution in [1.82, 2.24) is 15.3 Å². The molecule has 6 heteroatoms. The van der Waals surface area contributed by atoms with Gasteiger partial charge in [-0.1, -0.05) is 0 Å². The lowest BCUT2D eigenvalue weighted by atomic mass is 10.2. The minimum absolute atomic E-state index is 0.378. The molecule has 2 aromatic heterocycles. The number of ether oxygens (including phenoxy) is 1. The van der Waals surface area contributed by atoms with Crippen molar-refractivity contribution in [2.75, 3.05) is 0 Å². The summed E-state index contributed by atoms with van der Waals surface area (Å²) in [4.78, 5) is 19.0. The number of halogens is 1. The zero-order valence-electron chi connectivity index (χ0n) is 11.1. The molecule has 0 aromatic carbocycles. The van der Waals surface area contributed by atoms with Crippen molar-refractivity contribution >= 4 is 33.1 Å². The van der Waals surface area contributed by atoms with E-state index in [2.05, 4.69) is 31.2 Å². The third-order valence-electron chi connectivity index (χ3n) is 2.32. The Morgan fingerprint density at radius 1 is 1.47 bits per heavy atom. The van der Waals surface area contributed by atoms with E-state index in [4.69, 9.17) is 4.74 Å². The van der Waals surface area contributed by atoms with Gasteiger partial charge >= 0.3 is 6.09 Å². The van der Waals surface area contributed by atoms with Gasteiger partial charge in [-0.3, -0.25) is 0 Å². The zero-order valence-corrected chi connectivity index (χ0v) is 12.7. The monoisotopic (exact) mass is 325 g/mol. The summed E-state index contributed by atoms with van der Waals surface area (Å²) in [6, 6.07) is 5.70. The lowest BCUT2D eigenvalue weighted by Gasteiger charge is -2.19. The van der Waals surface area contributed by atoms with Crippen LogP contribution in [-0.4, -0.2) is 21.7 Å². The molecule has 2 N–H and O–H groups in total. The molecule has 2 heterocycles. The van der Waals surface area contributed by atoms with Gasteiger partial charge in [-0.25, -0.2) is 9.78 Å². The van der Waals surface area contributed by atoms with Gasteiger partial charge in [0.25, 0.3) is 0 Å². The topological polar surface area (TPSA) is 67.0 Å². The lowest BCUT2D eigenvalue weighted by molar-refractivity contribution is 0.0523. The molecular weight excluding hydrogens is 310 g/mol. The number of aromatic amines is 1. The minimum atomic E-state index is -0.489. The van der Waals surface area contributed by atoms with Gasteiger partial charge in [0.15, 0.2) is 0 Å². The lowest BCUT2D eigenvalue weighted by Crippen LogP contribution is -2.32. The van der Waals surface area contributed by atoms with E-state index < -0.39 is 11.7 Å². The largest absolute Gasteiger partial charge is 0.444 e. The number of carbonyl (C=O) groups excluding carboxylic acids is 1. The number of alkyl carbamates (subject to hydrolysis) is 1. The standard InChI is InChI=1S/C13H16BrN3O2/c1-13(2,3)19-12(18)15-7-8-6-10-9(16-8)4-5-11(14)17-10/h4-6,16H,7H2,1-3H3,(H,15,18). The quantitative estimate of drug-likeness (QED) is 0.832. The Kier molecular flexibility index (Phi) is 3.80. The predicted octanol–water partition coefficient (Wildman–Crippen LogP) is 3.35. The number of fused-ring (bicyclic) bond motifs is 1. The molecular formula is C13H16BrN3O2. The van der Waals surface area contributed by atoms with Gasteiger partial charge in [0, 0.05) is 5.69 Å². The molecule has 0 aliphatic carbocycles. The van der Waals surface area contributed by atoms with Crippen LogP contribution in [0.3, 0.4) is 0 Å². The molecule has 0 radical (unpaired) electrons. The Bertz CT molecular complexity index is 601. The minimum Gasteiger partial charge on any atom is -0.444 e. The first kappa shape index (κ1) is 13.9. The van der Waals surface area contributed by atoms with Gasteiger partial charge < -0.3 is 15.0 Å². The number of aromatic nitrogens is 2. The van der Waals surface area contributed by atoms with E-state index in [1.807, 2.05) is 39.0 Å². The first-order chi connectivity index (χ1) is 8.83. The maximum atomic E-state index is 11.5. The van der Waals surface area contributed by atoms with E-state index in [0.717, 1.165) is 21.3 Å². The molecule has 102 valence electrons. The number of rotatable bonds is 2. The van der Waals surface area contributed by atoms with Crippen LogP contribution in [0.5, 0.6) is 0 Å². The van der Waals surface area contributed by atoms with E-state index in [1.165, 1.54) is 0 Å². The molecule has 0 aliphatic heterocycles. The summed E-state index contributed by atoms with van der Waals surface area (Å²) in [7, 11) is 0. The first-order valence-electron chi connectivity index (χ1n) is 5.94. The summed E-state index contributed by atoms with van der Waals surface area (Å²) in [5.74, 6) is 0. The van der Waals surface area contributed by atoms with Crippen LogP contribution in [0.2, 0.25) is 0 Å². The third kappa shape index (κ3) is 3.96. The molecule has 19 heavy (non-hydrogen) atoms. The highest BCUT2D eigenvalue weighted by atomic mass is 79.9. The van der Waals surface area contributed by atoms with E-state index in [-0.39, 0.29) is 0 Å². The number of nitrogens with one attached hydrogen (secondary N) is 2. The van der Waals surface area contributed by atoms with Gasteiger partial charge in [0.2, 0.25) is 0 Å². The van der Waals surface area contributed by atoms with Crippen LogP contribution in [0.25, 0.3) is 11.0 Å². The van der Waals surface area contributed by atoms with Crippen LogP contribution < -0.4 is 5.32 Å². The maximum absolute atomic E-state index is 11.5. The van der Waals surface area contributed by atoms with Crippen LogP contribution in [0.1, 0.15) is 26.5 Å². The highest BCUT2D eigenvalue weighted by Crippen LogP contribution is 2.16. The van der Waals surface area contributed by atoms with Crippen molar-refractivity contribution in [3.8, 4) is 0 Å². The molecule has 0 unspecified atom stereocenters. The van der Waals surface area contributed by atoms with Crippen LogP contribution in [0.4, 0.5) is 4.79 Å². The summed E-state index contributed by atoms with van der Waals surface area (Å²) >= 11 is 3.32. The van der Waals surface area contributed by atoms with Gasteiger partial charge in [-0.15, -0.1) is 0 Å². The van der Waals surface area contributed by atoms with E-state index in [0.29, 0.717) is 6.54 Å². The zero-order chi connectivity index (χ0) is 14.0. The summed E-state index contributed by atoms with van der Waals surface area (Å²) < 4.78 is 5.95. The second-order valence-corrected chi connectivity index (χ2v) is 6.03. The summed E-state index contributed by atoms with van der Waals surface area (Å²) in [5.41, 5.74) is 2.18. The molecule has 2 aromatic rings. The molecule has 0 saturated carbocycles. The second kappa shape index (κ2) is 5.21. The fraction of sp³-hybridized carbons (Fsp3) is 0.385. The highest BCUT2D eigenvalue weighted by Gasteiger charge is 2.15. The normalized spacial score (nSPS) is 11.6. The van der Waals surface area contributed by atoms with Crippen molar-refractivity contribution in [2.24, 2.45) is 0 Å². The van der Waals surface area contributed by atoms with Crippen molar-refractivity contribution in [2.45, 2.75) is 32.9 Å². The molecule has 2 rings (SSSR count). The molecule has 0 aliphatic rings. The number of hydrogen-bond acceptors (Lipinski definition) is 3. The van der Waals surface area contributed by atoms with E-state index >= 15 is 0 Å². The summed E-state index contributed by atoms with van der Waals surface area (Å²) in [5, 5.41) is 2.70. The number of H-pyrrole nitrogens is 1. The summed E-state index contributed by atoms with van der Waals surface area (Å²) in [6.07, 6.45) is -0.430. The number of pyridine rings is 1. The Balaban J connectivity index is 2.00. The summed E-state index contributed by atoms with van der Waals surface area (Å²) in [6.45, 7) is 5.87. The SMILES string of the molecule is CC(C)(C)OC(=O)NCc1cc2nc(Br)ccc2[nH]1. The molecule has 0 saturated heterocycles. The fourth-order valence-electron chi connectivity index (χ4n) is 1.62. The molecule has 0 fully saturated rings. The van der Waals surface area contributed by atoms with Crippen LogP contribution in [-0.2, 0) is 11.3 Å². The Morgan fingerprint density at radius 3 is 2.89 bits per heavy atom. The van der Waals surface area contributed by atoms with Crippen molar-refractivity contribution in [1.29, 1.82) is 0 Å². The third-order valence-corrected chi connectivity index (χ3v) is 2.76. The number of nitrogens with zero attached hydrogens (tertiary/aromatic N) is 1. The Labute approximate surface area is 119 Å². The van der Waals surface area contributed by atoms with Gasteiger partial charge in [-0.05, 0) is 54.9 Å². The number of amides is 1. The van der Waals surface area contributed by atoms with Crippen LogP contribution in [0.15, 0.2) is 22.8 Å². The Hall–Kier alpha value is -1.56. The number of carbonyl (C=O) groups is 1. The fourth-order valence-corrected chi connectivity index (χ4v) is 1.94. The smallest absolute Gasteiger partial charge is 0.407 e. The molecule has 5 nitrogen and oxygen atoms in total. The molecule has 0 atom stereocenters. The van der Waals surface area contributed by atoms with Gasteiger partial charge in [0.1, 0.15) is 10.2 Å². The molecule has 0 spiro atoms. The highest BCUT2D eigenvalue weighted by molar-refractivity contribution is 9.10. The Morgan fingerprint density at radius 2 is 2.21 bits per heavy atom. The molecule has 1 amide bonds. The predicted molar refractivity (Wildman–Crippen MR) is 76.9 cm³/mol. The van der Waals surface area contributed by atoms with Crippen molar-refractivity contribution in [3.63, 3.8) is 0 Å². The van der Waals surface area contributed by atoms with Crippen molar-refractivity contribution < 1.29 is 9.53 Å². The van der Waals surface area contributed by atoms with Crippen molar-refractivity contribution in [3.05, 3.63) is 28.5 Å². The number of hydrogen-bond donors (Lipinski definition) is 2. The van der Waals surface area contributed by atoms with E-state index in [1.54, 1.807) is 0 Å². The van der Waals surface area contributed by atoms with Gasteiger partial charge in [-0.2, -0.15) is 0 Å². The molecule has 0 bridgehead atoms. The average molecular weight is 326 g/mol. The second-order valence-electron chi connectivity index (χ2n) is 5.22. The maximum Gasteiger partial charge on any atom is 0.407 e. The van der Waals surface area contributed by atoms with E-state index in [9.17, 15) is 4.79 Å². The van der Waals surface area contributed by atoms with Crippen LogP contribution >= 0.6 is 15.9 Å².